The molecule has 5 N–H and O–H groups in total. The minimum Gasteiger partial charge on any atom is -0.379 e. The van der Waals surface area contributed by atoms with Gasteiger partial charge in [-0.25, -0.2) is 0 Å². The molecule has 8 heteroatoms. The molecule has 0 spiro atoms. The largest absolute Gasteiger partial charge is 0.379 e. The number of allylic oxidation sites excluding steroid dienone is 1. The van der Waals surface area contributed by atoms with Crippen LogP contribution < -0.4 is 16.8 Å². The topological polar surface area (TPSA) is 142 Å². The van der Waals surface area contributed by atoms with E-state index >= 15 is 0 Å². The second-order valence-corrected chi connectivity index (χ2v) is 5.09. The molecule has 1 aromatic rings. The van der Waals surface area contributed by atoms with Crippen molar-refractivity contribution in [2.75, 3.05) is 19.8 Å². The number of benzene rings is 1. The average Bonchev–Trinajstić information content (AvgIpc) is 2.61. The first-order valence-corrected chi connectivity index (χ1v) is 7.61. The summed E-state index contributed by atoms with van der Waals surface area (Å²) in [6, 6.07) is 3.79. The quantitative estimate of drug-likeness (QED) is 0.230. The molecule has 0 heterocycles. The van der Waals surface area contributed by atoms with Crippen molar-refractivity contribution in [1.29, 1.82) is 0 Å². The number of amides is 3. The van der Waals surface area contributed by atoms with Gasteiger partial charge in [0.05, 0.1) is 13.2 Å². The highest BCUT2D eigenvalue weighted by Crippen LogP contribution is 2.12. The summed E-state index contributed by atoms with van der Waals surface area (Å²) in [4.78, 5) is 46.4. The van der Waals surface area contributed by atoms with E-state index in [4.69, 9.17) is 22.6 Å². The van der Waals surface area contributed by atoms with E-state index in [1.165, 1.54) is 18.2 Å². The van der Waals surface area contributed by atoms with Gasteiger partial charge in [-0.1, -0.05) is 0 Å². The van der Waals surface area contributed by atoms with Gasteiger partial charge in [-0.15, -0.1) is 12.3 Å². The summed E-state index contributed by atoms with van der Waals surface area (Å²) in [6.07, 6.45) is 7.39. The van der Waals surface area contributed by atoms with E-state index in [2.05, 4.69) is 11.2 Å². The van der Waals surface area contributed by atoms with Crippen LogP contribution in [0.5, 0.6) is 0 Å². The molecular formula is C18H19N3O5. The normalized spacial score (nSPS) is 10.3. The van der Waals surface area contributed by atoms with Crippen LogP contribution in [0, 0.1) is 12.3 Å². The summed E-state index contributed by atoms with van der Waals surface area (Å²) in [7, 11) is 0. The second kappa shape index (κ2) is 10.4. The van der Waals surface area contributed by atoms with E-state index in [-0.39, 0.29) is 29.8 Å². The van der Waals surface area contributed by atoms with Crippen LogP contribution >= 0.6 is 0 Å². The Hall–Kier alpha value is -3.44. The van der Waals surface area contributed by atoms with Gasteiger partial charge >= 0.3 is 0 Å². The zero-order valence-corrected chi connectivity index (χ0v) is 14.0. The number of carbonyl (C=O) groups is 4. The van der Waals surface area contributed by atoms with Gasteiger partial charge in [0, 0.05) is 35.7 Å². The number of hydrogen-bond donors (Lipinski definition) is 3. The number of ketones is 1. The molecule has 1 aromatic carbocycles. The zero-order valence-electron chi connectivity index (χ0n) is 14.0. The Morgan fingerprint density at radius 2 is 1.69 bits per heavy atom. The van der Waals surface area contributed by atoms with Crippen LogP contribution in [-0.4, -0.2) is 43.3 Å². The Morgan fingerprint density at radius 1 is 1.04 bits per heavy atom. The molecule has 0 fully saturated rings. The first-order valence-electron chi connectivity index (χ1n) is 7.61. The molecule has 26 heavy (non-hydrogen) atoms. The third kappa shape index (κ3) is 6.98. The van der Waals surface area contributed by atoms with Gasteiger partial charge in [0.2, 0.25) is 11.8 Å². The predicted molar refractivity (Wildman–Crippen MR) is 94.2 cm³/mol. The van der Waals surface area contributed by atoms with Crippen LogP contribution in [0.25, 0.3) is 0 Å². The van der Waals surface area contributed by atoms with Crippen LogP contribution in [0.4, 0.5) is 0 Å². The minimum absolute atomic E-state index is 0.0151. The molecule has 3 amide bonds. The highest BCUT2D eigenvalue weighted by atomic mass is 16.5. The number of rotatable bonds is 10. The van der Waals surface area contributed by atoms with Crippen LogP contribution in [0.2, 0.25) is 0 Å². The fraction of sp³-hybridized carbons (Fsp3) is 0.222. The summed E-state index contributed by atoms with van der Waals surface area (Å²) in [6.45, 7) is 0.861. The summed E-state index contributed by atoms with van der Waals surface area (Å²) in [5, 5.41) is 2.59. The molecule has 0 saturated heterocycles. The molecule has 0 aromatic heterocycles. The van der Waals surface area contributed by atoms with E-state index in [1.807, 2.05) is 0 Å². The van der Waals surface area contributed by atoms with E-state index in [0.29, 0.717) is 13.0 Å². The van der Waals surface area contributed by atoms with Gasteiger partial charge in [0.1, 0.15) is 0 Å². The van der Waals surface area contributed by atoms with Crippen molar-refractivity contribution in [2.45, 2.75) is 6.42 Å². The fourth-order valence-electron chi connectivity index (χ4n) is 1.87. The maximum Gasteiger partial charge on any atom is 0.251 e. The minimum atomic E-state index is -0.801. The predicted octanol–water partition coefficient (Wildman–Crippen LogP) is -0.221. The molecule has 1 rings (SSSR count). The summed E-state index contributed by atoms with van der Waals surface area (Å²) >= 11 is 0. The van der Waals surface area contributed by atoms with Crippen LogP contribution in [0.3, 0.4) is 0 Å². The first-order chi connectivity index (χ1) is 12.3. The molecular weight excluding hydrogens is 338 g/mol. The number of nitrogens with two attached hydrogens (primary N) is 2. The maximum absolute atomic E-state index is 12.2. The zero-order chi connectivity index (χ0) is 19.5. The van der Waals surface area contributed by atoms with E-state index in [9.17, 15) is 19.2 Å². The van der Waals surface area contributed by atoms with Crippen LogP contribution in [-0.2, 0) is 9.53 Å². The highest BCUT2D eigenvalue weighted by Gasteiger charge is 2.14. The number of ether oxygens (including phenoxy) is 1. The monoisotopic (exact) mass is 357 g/mol. The lowest BCUT2D eigenvalue weighted by molar-refractivity contribution is -0.113. The highest BCUT2D eigenvalue weighted by molar-refractivity contribution is 6.10. The van der Waals surface area contributed by atoms with Crippen molar-refractivity contribution in [2.24, 2.45) is 11.5 Å². The van der Waals surface area contributed by atoms with E-state index in [1.54, 1.807) is 0 Å². The fourth-order valence-corrected chi connectivity index (χ4v) is 1.87. The number of primary amides is 2. The van der Waals surface area contributed by atoms with Gasteiger partial charge in [-0.2, -0.15) is 0 Å². The Kier molecular flexibility index (Phi) is 8.27. The summed E-state index contributed by atoms with van der Waals surface area (Å²) in [5.41, 5.74) is 10.2. The average molecular weight is 357 g/mol. The van der Waals surface area contributed by atoms with Crippen LogP contribution in [0.15, 0.2) is 30.4 Å². The number of hydrogen-bond acceptors (Lipinski definition) is 5. The molecule has 0 aliphatic rings. The Labute approximate surface area is 150 Å². The molecule has 0 atom stereocenters. The Bertz CT molecular complexity index is 778. The molecule has 136 valence electrons. The third-order valence-electron chi connectivity index (χ3n) is 3.09. The van der Waals surface area contributed by atoms with E-state index in [0.717, 1.165) is 12.2 Å². The number of terminal acetylenes is 1. The first kappa shape index (κ1) is 20.6. The van der Waals surface area contributed by atoms with Gasteiger partial charge in [-0.3, -0.25) is 19.2 Å². The molecule has 0 radical (unpaired) electrons. The van der Waals surface area contributed by atoms with Gasteiger partial charge in [0.25, 0.3) is 5.91 Å². The van der Waals surface area contributed by atoms with Crippen molar-refractivity contribution < 1.29 is 23.9 Å². The molecule has 0 aliphatic heterocycles. The van der Waals surface area contributed by atoms with Crippen molar-refractivity contribution in [1.82, 2.24) is 5.32 Å². The molecule has 8 nitrogen and oxygen atoms in total. The smallest absolute Gasteiger partial charge is 0.251 e. The maximum atomic E-state index is 12.2. The molecule has 0 bridgehead atoms. The third-order valence-corrected chi connectivity index (χ3v) is 3.09. The summed E-state index contributed by atoms with van der Waals surface area (Å²) in [5.74, 6) is -0.289. The molecule has 0 unspecified atom stereocenters. The standard InChI is InChI=1S/C18H19N3O5/c1-2-3-7-26-8-6-21-18(25)14-10-12(9-13(11-14)17(20)24)15(22)4-5-16(19)23/h1,4-5,9-11H,3,6-8H2,(H2,19,23)(H2,20,24)(H,21,25)/b5-4+. The lowest BCUT2D eigenvalue weighted by Crippen LogP contribution is -2.28. The van der Waals surface area contributed by atoms with Gasteiger partial charge in [0.15, 0.2) is 5.78 Å². The lowest BCUT2D eigenvalue weighted by Gasteiger charge is -2.08. The van der Waals surface area contributed by atoms with E-state index < -0.39 is 23.5 Å². The van der Waals surface area contributed by atoms with Crippen molar-refractivity contribution in [3.8, 4) is 12.3 Å². The molecule has 0 saturated carbocycles. The van der Waals surface area contributed by atoms with Gasteiger partial charge in [-0.05, 0) is 24.3 Å². The Balaban J connectivity index is 2.88. The lowest BCUT2D eigenvalue weighted by atomic mass is 10.0. The number of carbonyl (C=O) groups excluding carboxylic acids is 4. The summed E-state index contributed by atoms with van der Waals surface area (Å²) < 4.78 is 5.20. The molecule has 0 aliphatic carbocycles. The van der Waals surface area contributed by atoms with Crippen molar-refractivity contribution >= 4 is 23.5 Å². The van der Waals surface area contributed by atoms with Crippen molar-refractivity contribution in [3.63, 3.8) is 0 Å². The van der Waals surface area contributed by atoms with Crippen LogP contribution in [0.1, 0.15) is 37.5 Å². The Morgan fingerprint density at radius 3 is 2.31 bits per heavy atom. The second-order valence-electron chi connectivity index (χ2n) is 5.09. The SMILES string of the molecule is C#CCCOCCNC(=O)c1cc(C(N)=O)cc(C(=O)/C=C/C(N)=O)c1. The van der Waals surface area contributed by atoms with Gasteiger partial charge < -0.3 is 21.5 Å². The van der Waals surface area contributed by atoms with Crippen molar-refractivity contribution in [3.05, 3.63) is 47.0 Å². The number of nitrogens with one attached hydrogen (secondary N) is 1.